The molecule has 128 valence electrons. The smallest absolute Gasteiger partial charge is 0.340 e. The minimum Gasteiger partial charge on any atom is -0.340 e. The van der Waals surface area contributed by atoms with Crippen molar-refractivity contribution in [1.82, 2.24) is 4.90 Å². The number of hydrogen-bond acceptors (Lipinski definition) is 2. The highest BCUT2D eigenvalue weighted by atomic mass is 19.4. The topological polar surface area (TPSA) is 46.3 Å². The highest BCUT2D eigenvalue weighted by Crippen LogP contribution is 2.32. The number of halogens is 3. The van der Waals surface area contributed by atoms with Gasteiger partial charge in [0.2, 0.25) is 5.91 Å². The lowest BCUT2D eigenvalue weighted by Gasteiger charge is -2.23. The molecular weight excluding hydrogens is 317 g/mol. The standard InChI is InChI=1S/C18H19F3N2O/c1-12-7-9-13(10-8-12)16(22)17(24)23(2)11-14-5-3-4-6-15(14)18(19,20)21/h3-10,16H,11,22H2,1-2H3. The third-order valence-electron chi connectivity index (χ3n) is 3.81. The van der Waals surface area contributed by atoms with Gasteiger partial charge in [-0.3, -0.25) is 4.79 Å². The van der Waals surface area contributed by atoms with Gasteiger partial charge < -0.3 is 10.6 Å². The van der Waals surface area contributed by atoms with E-state index >= 15 is 0 Å². The van der Waals surface area contributed by atoms with E-state index in [-0.39, 0.29) is 12.1 Å². The maximum atomic E-state index is 13.0. The van der Waals surface area contributed by atoms with Crippen molar-refractivity contribution < 1.29 is 18.0 Å². The molecule has 1 unspecified atom stereocenters. The van der Waals surface area contributed by atoms with Crippen LogP contribution in [0.1, 0.15) is 28.3 Å². The van der Waals surface area contributed by atoms with Gasteiger partial charge in [-0.05, 0) is 24.1 Å². The quantitative estimate of drug-likeness (QED) is 0.926. The zero-order valence-corrected chi connectivity index (χ0v) is 13.5. The number of nitrogens with two attached hydrogens (primary N) is 1. The molecule has 3 nitrogen and oxygen atoms in total. The number of nitrogens with zero attached hydrogens (tertiary/aromatic N) is 1. The molecule has 2 aromatic rings. The van der Waals surface area contributed by atoms with Crippen LogP contribution in [0.5, 0.6) is 0 Å². The number of carbonyl (C=O) groups is 1. The van der Waals surface area contributed by atoms with Crippen molar-refractivity contribution in [3.63, 3.8) is 0 Å². The van der Waals surface area contributed by atoms with Crippen molar-refractivity contribution >= 4 is 5.91 Å². The predicted octanol–water partition coefficient (Wildman–Crippen LogP) is 3.67. The van der Waals surface area contributed by atoms with E-state index in [0.29, 0.717) is 5.56 Å². The van der Waals surface area contributed by atoms with Gasteiger partial charge in [0.15, 0.2) is 0 Å². The Hall–Kier alpha value is -2.34. The van der Waals surface area contributed by atoms with E-state index in [0.717, 1.165) is 11.6 Å². The molecule has 1 amide bonds. The van der Waals surface area contributed by atoms with E-state index in [1.165, 1.54) is 30.1 Å². The molecule has 1 atom stereocenters. The van der Waals surface area contributed by atoms with Crippen LogP contribution < -0.4 is 5.73 Å². The number of rotatable bonds is 4. The molecule has 24 heavy (non-hydrogen) atoms. The first-order chi connectivity index (χ1) is 11.2. The first-order valence-electron chi connectivity index (χ1n) is 7.42. The van der Waals surface area contributed by atoms with Gasteiger partial charge >= 0.3 is 6.18 Å². The molecule has 2 rings (SSSR count). The molecule has 0 aliphatic rings. The molecule has 0 aliphatic heterocycles. The van der Waals surface area contributed by atoms with Crippen molar-refractivity contribution in [2.75, 3.05) is 7.05 Å². The van der Waals surface area contributed by atoms with E-state index in [4.69, 9.17) is 5.73 Å². The Balaban J connectivity index is 2.16. The molecule has 6 heteroatoms. The van der Waals surface area contributed by atoms with E-state index in [2.05, 4.69) is 0 Å². The first kappa shape index (κ1) is 18.0. The van der Waals surface area contributed by atoms with Gasteiger partial charge in [-0.1, -0.05) is 48.0 Å². The van der Waals surface area contributed by atoms with Crippen LogP contribution in [0.4, 0.5) is 13.2 Å². The van der Waals surface area contributed by atoms with Crippen LogP contribution in [0.25, 0.3) is 0 Å². The van der Waals surface area contributed by atoms with Crippen LogP contribution in [0.15, 0.2) is 48.5 Å². The van der Waals surface area contributed by atoms with Crippen LogP contribution >= 0.6 is 0 Å². The van der Waals surface area contributed by atoms with Crippen molar-refractivity contribution in [3.05, 3.63) is 70.8 Å². The van der Waals surface area contributed by atoms with Gasteiger partial charge in [-0.15, -0.1) is 0 Å². The number of likely N-dealkylation sites (N-methyl/N-ethyl adjacent to an activating group) is 1. The summed E-state index contributed by atoms with van der Waals surface area (Å²) in [5.74, 6) is -0.434. The van der Waals surface area contributed by atoms with Crippen LogP contribution in [0.2, 0.25) is 0 Å². The first-order valence-corrected chi connectivity index (χ1v) is 7.42. The van der Waals surface area contributed by atoms with Crippen molar-refractivity contribution in [3.8, 4) is 0 Å². The third kappa shape index (κ3) is 4.14. The molecule has 0 saturated carbocycles. The average molecular weight is 336 g/mol. The molecule has 0 heterocycles. The average Bonchev–Trinajstić information content (AvgIpc) is 2.53. The number of alkyl halides is 3. The van der Waals surface area contributed by atoms with Crippen LogP contribution in [0.3, 0.4) is 0 Å². The summed E-state index contributed by atoms with van der Waals surface area (Å²) in [6.45, 7) is 1.76. The Morgan fingerprint density at radius 3 is 2.29 bits per heavy atom. The van der Waals surface area contributed by atoms with Crippen LogP contribution in [-0.2, 0) is 17.5 Å². The summed E-state index contributed by atoms with van der Waals surface area (Å²) in [4.78, 5) is 13.6. The summed E-state index contributed by atoms with van der Waals surface area (Å²) in [7, 11) is 1.45. The van der Waals surface area contributed by atoms with Crippen LogP contribution in [0, 0.1) is 6.92 Å². The Morgan fingerprint density at radius 1 is 1.12 bits per heavy atom. The highest BCUT2D eigenvalue weighted by Gasteiger charge is 2.33. The second kappa shape index (κ2) is 7.05. The molecule has 0 spiro atoms. The maximum absolute atomic E-state index is 13.0. The molecular formula is C18H19F3N2O. The summed E-state index contributed by atoms with van der Waals surface area (Å²) >= 11 is 0. The fourth-order valence-electron chi connectivity index (χ4n) is 2.42. The van der Waals surface area contributed by atoms with E-state index < -0.39 is 23.7 Å². The number of amides is 1. The van der Waals surface area contributed by atoms with Crippen molar-refractivity contribution in [2.45, 2.75) is 25.7 Å². The Morgan fingerprint density at radius 2 is 1.71 bits per heavy atom. The van der Waals surface area contributed by atoms with Crippen molar-refractivity contribution in [1.29, 1.82) is 0 Å². The monoisotopic (exact) mass is 336 g/mol. The Kier molecular flexibility index (Phi) is 5.29. The number of hydrogen-bond donors (Lipinski definition) is 1. The van der Waals surface area contributed by atoms with Gasteiger partial charge in [-0.25, -0.2) is 0 Å². The van der Waals surface area contributed by atoms with Gasteiger partial charge in [0.1, 0.15) is 6.04 Å². The zero-order chi connectivity index (χ0) is 17.9. The summed E-state index contributed by atoms with van der Waals surface area (Å²) < 4.78 is 39.1. The lowest BCUT2D eigenvalue weighted by Crippen LogP contribution is -2.35. The van der Waals surface area contributed by atoms with E-state index in [9.17, 15) is 18.0 Å². The second-order valence-electron chi connectivity index (χ2n) is 5.74. The van der Waals surface area contributed by atoms with Crippen LogP contribution in [-0.4, -0.2) is 17.9 Å². The zero-order valence-electron chi connectivity index (χ0n) is 13.5. The van der Waals surface area contributed by atoms with Gasteiger partial charge in [0, 0.05) is 13.6 Å². The minimum absolute atomic E-state index is 0.0388. The largest absolute Gasteiger partial charge is 0.416 e. The molecule has 2 aromatic carbocycles. The van der Waals surface area contributed by atoms with Gasteiger partial charge in [0.05, 0.1) is 5.56 Å². The fourth-order valence-corrected chi connectivity index (χ4v) is 2.42. The van der Waals surface area contributed by atoms with Gasteiger partial charge in [-0.2, -0.15) is 13.2 Å². The molecule has 2 N–H and O–H groups in total. The van der Waals surface area contributed by atoms with E-state index in [1.54, 1.807) is 12.1 Å². The summed E-state index contributed by atoms with van der Waals surface area (Å²) in [5, 5.41) is 0. The molecule has 0 saturated heterocycles. The van der Waals surface area contributed by atoms with E-state index in [1.807, 2.05) is 19.1 Å². The molecule has 0 aromatic heterocycles. The second-order valence-corrected chi connectivity index (χ2v) is 5.74. The molecule has 0 radical (unpaired) electrons. The number of aryl methyl sites for hydroxylation is 1. The summed E-state index contributed by atoms with van der Waals surface area (Å²) in [5.41, 5.74) is 6.91. The number of benzene rings is 2. The lowest BCUT2D eigenvalue weighted by atomic mass is 10.0. The summed E-state index contributed by atoms with van der Waals surface area (Å²) in [6.07, 6.45) is -4.46. The van der Waals surface area contributed by atoms with Crippen molar-refractivity contribution in [2.24, 2.45) is 5.73 Å². The maximum Gasteiger partial charge on any atom is 0.416 e. The lowest BCUT2D eigenvalue weighted by molar-refractivity contribution is -0.139. The normalized spacial score (nSPS) is 12.8. The highest BCUT2D eigenvalue weighted by molar-refractivity contribution is 5.82. The molecule has 0 aliphatic carbocycles. The summed E-state index contributed by atoms with van der Waals surface area (Å²) in [6, 6.07) is 11.5. The molecule has 0 fully saturated rings. The minimum atomic E-state index is -4.46. The Labute approximate surface area is 138 Å². The third-order valence-corrected chi connectivity index (χ3v) is 3.81. The number of carbonyl (C=O) groups excluding carboxylic acids is 1. The molecule has 0 bridgehead atoms. The fraction of sp³-hybridized carbons (Fsp3) is 0.278. The Bertz CT molecular complexity index is 711. The predicted molar refractivity (Wildman–Crippen MR) is 86.0 cm³/mol. The SMILES string of the molecule is Cc1ccc(C(N)C(=O)N(C)Cc2ccccc2C(F)(F)F)cc1. The van der Waals surface area contributed by atoms with Gasteiger partial charge in [0.25, 0.3) is 0 Å².